The molecule has 0 spiro atoms. The fourth-order valence-corrected chi connectivity index (χ4v) is 2.46. The number of carboxylic acids is 1. The number of H-pyrrole nitrogens is 1. The molecule has 0 bridgehead atoms. The highest BCUT2D eigenvalue weighted by atomic mass is 16.5. The van der Waals surface area contributed by atoms with Crippen LogP contribution in [0.25, 0.3) is 22.4 Å². The van der Waals surface area contributed by atoms with Gasteiger partial charge < -0.3 is 24.7 Å². The van der Waals surface area contributed by atoms with Crippen LogP contribution in [0, 0.1) is 6.92 Å². The highest BCUT2D eigenvalue weighted by Crippen LogP contribution is 2.40. The molecule has 2 aromatic heterocycles. The van der Waals surface area contributed by atoms with Gasteiger partial charge in [0.15, 0.2) is 17.1 Å². The van der Waals surface area contributed by atoms with Gasteiger partial charge in [-0.3, -0.25) is 0 Å². The second kappa shape index (κ2) is 5.73. The Labute approximate surface area is 136 Å². The van der Waals surface area contributed by atoms with Crippen molar-refractivity contribution >= 4 is 17.1 Å². The Kier molecular flexibility index (Phi) is 3.72. The van der Waals surface area contributed by atoms with Crippen molar-refractivity contribution in [3.05, 3.63) is 29.6 Å². The fourth-order valence-electron chi connectivity index (χ4n) is 2.46. The number of aromatic amines is 1. The number of benzene rings is 1. The van der Waals surface area contributed by atoms with Crippen LogP contribution >= 0.6 is 0 Å². The van der Waals surface area contributed by atoms with E-state index in [0.29, 0.717) is 28.2 Å². The second-order valence-corrected chi connectivity index (χ2v) is 5.11. The molecule has 8 heteroatoms. The number of hydrogen-bond donors (Lipinski definition) is 3. The van der Waals surface area contributed by atoms with Crippen molar-refractivity contribution < 1.29 is 24.5 Å². The number of aromatic hydroxyl groups is 1. The average Bonchev–Trinajstić information content (AvgIpc) is 2.93. The number of fused-ring (bicyclic) bond motifs is 1. The standard InChI is InChI=1S/C16H15N3O5/c1-7-17-13-9(16(21)22)6-10(19-15(13)18-7)8-4-11(23-2)14(20)12(5-8)24-3/h4-6,20H,1-3H3,(H,21,22)(H,17,18,19). The summed E-state index contributed by atoms with van der Waals surface area (Å²) in [5.41, 5.74) is 1.63. The molecule has 0 amide bonds. The van der Waals surface area contributed by atoms with Gasteiger partial charge in [-0.05, 0) is 25.1 Å². The number of pyridine rings is 1. The Bertz CT molecular complexity index is 923. The molecule has 0 fully saturated rings. The number of aromatic carboxylic acids is 1. The maximum absolute atomic E-state index is 11.5. The van der Waals surface area contributed by atoms with E-state index in [1.54, 1.807) is 19.1 Å². The van der Waals surface area contributed by atoms with Gasteiger partial charge in [0, 0.05) is 5.56 Å². The molecule has 8 nitrogen and oxygen atoms in total. The van der Waals surface area contributed by atoms with Gasteiger partial charge in [-0.2, -0.15) is 0 Å². The van der Waals surface area contributed by atoms with Crippen molar-refractivity contribution in [2.24, 2.45) is 0 Å². The van der Waals surface area contributed by atoms with Crippen LogP contribution in [0.1, 0.15) is 16.2 Å². The summed E-state index contributed by atoms with van der Waals surface area (Å²) in [5.74, 6) is -0.274. The molecule has 24 heavy (non-hydrogen) atoms. The lowest BCUT2D eigenvalue weighted by Gasteiger charge is -2.11. The van der Waals surface area contributed by atoms with Crippen molar-refractivity contribution in [3.63, 3.8) is 0 Å². The first kappa shape index (κ1) is 15.6. The van der Waals surface area contributed by atoms with Crippen molar-refractivity contribution in [2.75, 3.05) is 14.2 Å². The normalized spacial score (nSPS) is 10.8. The minimum Gasteiger partial charge on any atom is -0.502 e. The van der Waals surface area contributed by atoms with E-state index in [-0.39, 0.29) is 22.8 Å². The predicted octanol–water partition coefficient (Wildman–Crippen LogP) is 2.35. The van der Waals surface area contributed by atoms with Crippen molar-refractivity contribution in [1.29, 1.82) is 0 Å². The van der Waals surface area contributed by atoms with Crippen LogP contribution < -0.4 is 9.47 Å². The molecule has 2 heterocycles. The number of imidazole rings is 1. The molecule has 0 saturated carbocycles. The molecule has 0 aliphatic heterocycles. The quantitative estimate of drug-likeness (QED) is 0.672. The summed E-state index contributed by atoms with van der Waals surface area (Å²) < 4.78 is 10.2. The van der Waals surface area contributed by atoms with E-state index in [2.05, 4.69) is 15.0 Å². The molecule has 0 radical (unpaired) electrons. The molecule has 0 saturated heterocycles. The maximum Gasteiger partial charge on any atom is 0.338 e. The number of phenolic OH excluding ortho intramolecular Hbond substituents is 1. The van der Waals surface area contributed by atoms with Crippen molar-refractivity contribution in [2.45, 2.75) is 6.92 Å². The van der Waals surface area contributed by atoms with E-state index in [1.165, 1.54) is 20.3 Å². The number of carboxylic acid groups (broad SMARTS) is 1. The first-order chi connectivity index (χ1) is 11.4. The largest absolute Gasteiger partial charge is 0.502 e. The van der Waals surface area contributed by atoms with Crippen LogP contribution in [0.15, 0.2) is 18.2 Å². The highest BCUT2D eigenvalue weighted by Gasteiger charge is 2.18. The minimum absolute atomic E-state index is 0.0570. The van der Waals surface area contributed by atoms with Crippen LogP contribution in [-0.2, 0) is 0 Å². The Morgan fingerprint density at radius 3 is 2.29 bits per heavy atom. The Morgan fingerprint density at radius 1 is 1.12 bits per heavy atom. The zero-order chi connectivity index (χ0) is 17.4. The minimum atomic E-state index is -1.09. The van der Waals surface area contributed by atoms with Gasteiger partial charge in [0.2, 0.25) is 5.75 Å². The van der Waals surface area contributed by atoms with Gasteiger partial charge in [-0.1, -0.05) is 0 Å². The predicted molar refractivity (Wildman–Crippen MR) is 85.8 cm³/mol. The van der Waals surface area contributed by atoms with E-state index in [4.69, 9.17) is 9.47 Å². The molecule has 3 aromatic rings. The first-order valence-corrected chi connectivity index (χ1v) is 7.00. The van der Waals surface area contributed by atoms with E-state index >= 15 is 0 Å². The van der Waals surface area contributed by atoms with Crippen molar-refractivity contribution in [3.8, 4) is 28.5 Å². The third kappa shape index (κ3) is 2.47. The number of rotatable bonds is 4. The summed E-state index contributed by atoms with van der Waals surface area (Å²) in [5, 5.41) is 19.4. The zero-order valence-electron chi connectivity index (χ0n) is 13.2. The van der Waals surface area contributed by atoms with Gasteiger partial charge in [-0.25, -0.2) is 14.8 Å². The fraction of sp³-hybridized carbons (Fsp3) is 0.188. The molecule has 0 unspecified atom stereocenters. The van der Waals surface area contributed by atoms with E-state index in [9.17, 15) is 15.0 Å². The SMILES string of the molecule is COc1cc(-c2cc(C(=O)O)c3[nH]c(C)nc3n2)cc(OC)c1O. The lowest BCUT2D eigenvalue weighted by molar-refractivity contribution is 0.0699. The summed E-state index contributed by atoms with van der Waals surface area (Å²) in [6.45, 7) is 1.72. The Morgan fingerprint density at radius 2 is 1.75 bits per heavy atom. The lowest BCUT2D eigenvalue weighted by atomic mass is 10.1. The molecule has 3 N–H and O–H groups in total. The van der Waals surface area contributed by atoms with Crippen molar-refractivity contribution in [1.82, 2.24) is 15.0 Å². The smallest absolute Gasteiger partial charge is 0.338 e. The third-order valence-electron chi connectivity index (χ3n) is 3.59. The number of ether oxygens (including phenoxy) is 2. The van der Waals surface area contributed by atoms with Crippen LogP contribution in [0.5, 0.6) is 17.2 Å². The molecule has 124 valence electrons. The summed E-state index contributed by atoms with van der Waals surface area (Å²) in [6, 6.07) is 4.54. The number of nitrogens with zero attached hydrogens (tertiary/aromatic N) is 2. The second-order valence-electron chi connectivity index (χ2n) is 5.11. The first-order valence-electron chi connectivity index (χ1n) is 7.00. The van der Waals surface area contributed by atoms with Gasteiger partial charge in [0.1, 0.15) is 5.82 Å². The highest BCUT2D eigenvalue weighted by molar-refractivity contribution is 6.01. The zero-order valence-corrected chi connectivity index (χ0v) is 13.2. The van der Waals surface area contributed by atoms with E-state index in [0.717, 1.165) is 0 Å². The summed E-state index contributed by atoms with van der Waals surface area (Å²) in [4.78, 5) is 23.0. The number of nitrogens with one attached hydrogen (secondary N) is 1. The number of hydrogen-bond acceptors (Lipinski definition) is 6. The lowest BCUT2D eigenvalue weighted by Crippen LogP contribution is -2.00. The summed E-state index contributed by atoms with van der Waals surface area (Å²) in [6.07, 6.45) is 0. The van der Waals surface area contributed by atoms with Crippen LogP contribution in [-0.4, -0.2) is 45.4 Å². The molecule has 0 atom stereocenters. The summed E-state index contributed by atoms with van der Waals surface area (Å²) >= 11 is 0. The maximum atomic E-state index is 11.5. The number of aromatic nitrogens is 3. The van der Waals surface area contributed by atoms with E-state index in [1.807, 2.05) is 0 Å². The summed E-state index contributed by atoms with van der Waals surface area (Å²) in [7, 11) is 2.82. The third-order valence-corrected chi connectivity index (χ3v) is 3.59. The molecule has 0 aliphatic rings. The van der Waals surface area contributed by atoms with Crippen LogP contribution in [0.2, 0.25) is 0 Å². The number of carbonyl (C=O) groups is 1. The van der Waals surface area contributed by atoms with Crippen LogP contribution in [0.4, 0.5) is 0 Å². The Hall–Kier alpha value is -3.29. The molecule has 0 aliphatic carbocycles. The monoisotopic (exact) mass is 329 g/mol. The van der Waals surface area contributed by atoms with Gasteiger partial charge >= 0.3 is 5.97 Å². The topological polar surface area (TPSA) is 118 Å². The molecule has 1 aromatic carbocycles. The van der Waals surface area contributed by atoms with Gasteiger partial charge in [0.05, 0.1) is 31.0 Å². The average molecular weight is 329 g/mol. The number of phenols is 1. The van der Waals surface area contributed by atoms with E-state index < -0.39 is 5.97 Å². The van der Waals surface area contributed by atoms with Gasteiger partial charge in [0.25, 0.3) is 0 Å². The molecular formula is C16H15N3O5. The van der Waals surface area contributed by atoms with Gasteiger partial charge in [-0.15, -0.1) is 0 Å². The number of methoxy groups -OCH3 is 2. The molecular weight excluding hydrogens is 314 g/mol. The molecule has 3 rings (SSSR count). The van der Waals surface area contributed by atoms with Crippen LogP contribution in [0.3, 0.4) is 0 Å². The Balaban J connectivity index is 2.28. The number of aryl methyl sites for hydroxylation is 1.